The predicted molar refractivity (Wildman–Crippen MR) is 118 cm³/mol. The number of piperazine rings is 1. The number of hydrogen-bond donors (Lipinski definition) is 3. The van der Waals surface area contributed by atoms with Crippen molar-refractivity contribution in [2.75, 3.05) is 11.4 Å². The number of aromatic nitrogens is 5. The maximum Gasteiger partial charge on any atom is 0.180 e. The van der Waals surface area contributed by atoms with Gasteiger partial charge in [-0.15, -0.1) is 0 Å². The maximum absolute atomic E-state index is 7.80. The molecular weight excluding hydrogens is 402 g/mol. The highest BCUT2D eigenvalue weighted by molar-refractivity contribution is 6.29. The van der Waals surface area contributed by atoms with Crippen molar-refractivity contribution in [2.24, 2.45) is 5.73 Å². The standard InChI is InChI=1S/C20H24ClN9/c1-11-9-29(13(3)19(27-11)14(6-22)12(2)23)17-4-5-24-20(28-17)15-7-26-18-8-25-16(21)10-30(15)18/h4-8,10-11,13,19,22,27H,9,23H2,1-3H3/b14-12+,22-6?. The monoisotopic (exact) mass is 425 g/mol. The lowest BCUT2D eigenvalue weighted by molar-refractivity contribution is 0.362. The summed E-state index contributed by atoms with van der Waals surface area (Å²) in [5, 5.41) is 11.7. The van der Waals surface area contributed by atoms with Crippen molar-refractivity contribution in [3.63, 3.8) is 0 Å². The van der Waals surface area contributed by atoms with Crippen molar-refractivity contribution in [2.45, 2.75) is 38.9 Å². The molecule has 30 heavy (non-hydrogen) atoms. The van der Waals surface area contributed by atoms with Crippen LogP contribution in [0.2, 0.25) is 5.15 Å². The zero-order valence-corrected chi connectivity index (χ0v) is 17.8. The lowest BCUT2D eigenvalue weighted by atomic mass is 9.94. The number of rotatable bonds is 4. The molecule has 4 N–H and O–H groups in total. The molecule has 0 saturated carbocycles. The van der Waals surface area contributed by atoms with E-state index in [4.69, 9.17) is 27.7 Å². The van der Waals surface area contributed by atoms with Gasteiger partial charge in [-0.25, -0.2) is 19.9 Å². The van der Waals surface area contributed by atoms with Crippen LogP contribution in [0.4, 0.5) is 5.82 Å². The average Bonchev–Trinajstić information content (AvgIpc) is 3.13. The highest BCUT2D eigenvalue weighted by Gasteiger charge is 2.34. The molecule has 1 fully saturated rings. The van der Waals surface area contributed by atoms with Crippen molar-refractivity contribution in [1.29, 1.82) is 5.41 Å². The van der Waals surface area contributed by atoms with Crippen LogP contribution in [0.25, 0.3) is 17.2 Å². The highest BCUT2D eigenvalue weighted by Crippen LogP contribution is 2.26. The highest BCUT2D eigenvalue weighted by atomic mass is 35.5. The Bertz CT molecular complexity index is 1120. The predicted octanol–water partition coefficient (Wildman–Crippen LogP) is 2.28. The summed E-state index contributed by atoms with van der Waals surface area (Å²) in [5.74, 6) is 1.36. The Labute approximate surface area is 179 Å². The van der Waals surface area contributed by atoms with Crippen LogP contribution in [0.15, 0.2) is 42.1 Å². The van der Waals surface area contributed by atoms with E-state index in [1.807, 2.05) is 17.4 Å². The van der Waals surface area contributed by atoms with Gasteiger partial charge in [0.25, 0.3) is 0 Å². The number of imidazole rings is 1. The summed E-state index contributed by atoms with van der Waals surface area (Å²) in [6.45, 7) is 6.82. The van der Waals surface area contributed by atoms with Gasteiger partial charge in [-0.05, 0) is 26.8 Å². The second-order valence-corrected chi connectivity index (χ2v) is 7.93. The lowest BCUT2D eigenvalue weighted by Crippen LogP contribution is -2.62. The van der Waals surface area contributed by atoms with Crippen LogP contribution >= 0.6 is 11.6 Å². The summed E-state index contributed by atoms with van der Waals surface area (Å²) in [4.78, 5) is 19.9. The number of anilines is 1. The third kappa shape index (κ3) is 3.61. The summed E-state index contributed by atoms with van der Waals surface area (Å²) in [5.41, 5.74) is 8.88. The molecule has 3 atom stereocenters. The minimum atomic E-state index is -0.0738. The van der Waals surface area contributed by atoms with Crippen LogP contribution < -0.4 is 16.0 Å². The quantitative estimate of drug-likeness (QED) is 0.548. The lowest BCUT2D eigenvalue weighted by Gasteiger charge is -2.44. The van der Waals surface area contributed by atoms with Gasteiger partial charge in [0.05, 0.1) is 18.4 Å². The SMILES string of the molecule is C/C(N)=C(/C=N)C1NC(C)CN(c2ccnc(-c3cnc4cnc(Cl)cn34)n2)C1C. The van der Waals surface area contributed by atoms with Gasteiger partial charge in [-0.3, -0.25) is 4.40 Å². The Kier molecular flexibility index (Phi) is 5.40. The first kappa shape index (κ1) is 20.2. The largest absolute Gasteiger partial charge is 0.402 e. The summed E-state index contributed by atoms with van der Waals surface area (Å²) in [6.07, 6.45) is 8.11. The topological polar surface area (TPSA) is 121 Å². The fraction of sp³-hybridized carbons (Fsp3) is 0.350. The van der Waals surface area contributed by atoms with Crippen molar-refractivity contribution in [3.8, 4) is 11.5 Å². The van der Waals surface area contributed by atoms with Crippen molar-refractivity contribution in [3.05, 3.63) is 47.3 Å². The molecule has 4 heterocycles. The number of halogens is 1. The fourth-order valence-electron chi connectivity index (χ4n) is 3.90. The molecule has 156 valence electrons. The Hall–Kier alpha value is -3.04. The molecule has 0 spiro atoms. The van der Waals surface area contributed by atoms with E-state index in [2.05, 4.69) is 39.0 Å². The second kappa shape index (κ2) is 8.00. The molecule has 1 aliphatic rings. The van der Waals surface area contributed by atoms with Gasteiger partial charge in [-0.2, -0.15) is 0 Å². The van der Waals surface area contributed by atoms with Crippen molar-refractivity contribution >= 4 is 29.3 Å². The second-order valence-electron chi connectivity index (χ2n) is 7.54. The van der Waals surface area contributed by atoms with Crippen LogP contribution in [0.5, 0.6) is 0 Å². The zero-order valence-electron chi connectivity index (χ0n) is 17.0. The third-order valence-corrected chi connectivity index (χ3v) is 5.58. The Balaban J connectivity index is 1.73. The normalized spacial score (nSPS) is 22.8. The molecular formula is C20H24ClN9. The van der Waals surface area contributed by atoms with E-state index in [-0.39, 0.29) is 18.1 Å². The Morgan fingerprint density at radius 2 is 2.10 bits per heavy atom. The Morgan fingerprint density at radius 3 is 2.83 bits per heavy atom. The van der Waals surface area contributed by atoms with Crippen LogP contribution in [0.3, 0.4) is 0 Å². The molecule has 0 amide bonds. The van der Waals surface area contributed by atoms with Crippen LogP contribution in [-0.2, 0) is 0 Å². The van der Waals surface area contributed by atoms with E-state index in [1.165, 1.54) is 6.21 Å². The van der Waals surface area contributed by atoms with Gasteiger partial charge < -0.3 is 21.4 Å². The minimum absolute atomic E-state index is 0.0416. The van der Waals surface area contributed by atoms with E-state index < -0.39 is 0 Å². The van der Waals surface area contributed by atoms with Crippen molar-refractivity contribution < 1.29 is 0 Å². The minimum Gasteiger partial charge on any atom is -0.402 e. The molecule has 3 aromatic heterocycles. The van der Waals surface area contributed by atoms with Gasteiger partial charge in [0.2, 0.25) is 0 Å². The molecule has 0 aliphatic carbocycles. The van der Waals surface area contributed by atoms with Gasteiger partial charge in [0.1, 0.15) is 16.7 Å². The number of fused-ring (bicyclic) bond motifs is 1. The zero-order chi connectivity index (χ0) is 21.4. The van der Waals surface area contributed by atoms with E-state index in [1.54, 1.807) is 24.8 Å². The van der Waals surface area contributed by atoms with Crippen LogP contribution in [0.1, 0.15) is 20.8 Å². The number of nitrogens with zero attached hydrogens (tertiary/aromatic N) is 6. The molecule has 0 aromatic carbocycles. The van der Waals surface area contributed by atoms with Crippen LogP contribution in [-0.4, -0.2) is 55.2 Å². The first-order valence-electron chi connectivity index (χ1n) is 9.70. The summed E-state index contributed by atoms with van der Waals surface area (Å²) >= 11 is 6.06. The fourth-order valence-corrected chi connectivity index (χ4v) is 4.05. The van der Waals surface area contributed by atoms with Gasteiger partial charge in [-0.1, -0.05) is 11.6 Å². The number of nitrogens with two attached hydrogens (primary N) is 1. The molecule has 1 aliphatic heterocycles. The molecule has 0 radical (unpaired) electrons. The van der Waals surface area contributed by atoms with E-state index >= 15 is 0 Å². The molecule has 0 bridgehead atoms. The Morgan fingerprint density at radius 1 is 1.30 bits per heavy atom. The summed E-state index contributed by atoms with van der Waals surface area (Å²) < 4.78 is 1.83. The smallest absolute Gasteiger partial charge is 0.180 e. The van der Waals surface area contributed by atoms with Gasteiger partial charge in [0.15, 0.2) is 11.5 Å². The maximum atomic E-state index is 7.80. The van der Waals surface area contributed by atoms with Gasteiger partial charge >= 0.3 is 0 Å². The first-order chi connectivity index (χ1) is 14.4. The molecule has 3 unspecified atom stereocenters. The number of allylic oxidation sites excluding steroid dienone is 1. The first-order valence-corrected chi connectivity index (χ1v) is 10.1. The van der Waals surface area contributed by atoms with Crippen molar-refractivity contribution in [1.82, 2.24) is 29.7 Å². The summed E-state index contributed by atoms with van der Waals surface area (Å²) in [6, 6.07) is 2.06. The van der Waals surface area contributed by atoms with E-state index in [0.717, 1.165) is 23.6 Å². The molecule has 3 aromatic rings. The third-order valence-electron chi connectivity index (χ3n) is 5.38. The van der Waals surface area contributed by atoms with Gasteiger partial charge in [0, 0.05) is 48.5 Å². The number of hydrogen-bond acceptors (Lipinski definition) is 8. The van der Waals surface area contributed by atoms with Crippen LogP contribution in [0, 0.1) is 5.41 Å². The average molecular weight is 426 g/mol. The molecule has 9 nitrogen and oxygen atoms in total. The number of nitrogens with one attached hydrogen (secondary N) is 2. The van der Waals surface area contributed by atoms with E-state index in [0.29, 0.717) is 22.3 Å². The molecule has 1 saturated heterocycles. The summed E-state index contributed by atoms with van der Waals surface area (Å²) in [7, 11) is 0. The molecule has 10 heteroatoms. The molecule has 4 rings (SSSR count). The van der Waals surface area contributed by atoms with E-state index in [9.17, 15) is 0 Å².